The van der Waals surface area contributed by atoms with Crippen LogP contribution in [-0.2, 0) is 23.7 Å². The van der Waals surface area contributed by atoms with E-state index < -0.39 is 86.8 Å². The molecule has 0 bridgehead atoms. The molecule has 2 fully saturated rings. The molecule has 2 saturated heterocycles. The number of carbonyl (C=O) groups is 1. The lowest BCUT2D eigenvalue weighted by molar-refractivity contribution is -0.359. The van der Waals surface area contributed by atoms with Crippen molar-refractivity contribution in [2.24, 2.45) is 0 Å². The van der Waals surface area contributed by atoms with E-state index in [1.54, 1.807) is 0 Å². The lowest BCUT2D eigenvalue weighted by Crippen LogP contribution is -2.65. The van der Waals surface area contributed by atoms with Gasteiger partial charge in [-0.3, -0.25) is 4.79 Å². The molecule has 1 amide bonds. The van der Waals surface area contributed by atoms with Crippen LogP contribution >= 0.6 is 0 Å². The Labute approximate surface area is 464 Å². The number of unbranched alkanes of at least 4 members (excludes halogenated alkanes) is 40. The predicted molar refractivity (Wildman–Crippen MR) is 305 cm³/mol. The molecule has 2 aliphatic heterocycles. The molecule has 14 nitrogen and oxygen atoms in total. The van der Waals surface area contributed by atoms with E-state index >= 15 is 0 Å². The first-order valence-corrected chi connectivity index (χ1v) is 32.3. The molecule has 9 N–H and O–H groups in total. The van der Waals surface area contributed by atoms with Gasteiger partial charge in [-0.1, -0.05) is 277 Å². The summed E-state index contributed by atoms with van der Waals surface area (Å²) in [5, 5.41) is 87.4. The first kappa shape index (κ1) is 71.1. The van der Waals surface area contributed by atoms with Gasteiger partial charge >= 0.3 is 0 Å². The molecule has 0 aromatic heterocycles. The van der Waals surface area contributed by atoms with Gasteiger partial charge in [0.25, 0.3) is 0 Å². The highest BCUT2D eigenvalue weighted by molar-refractivity contribution is 5.76. The van der Waals surface area contributed by atoms with Crippen molar-refractivity contribution in [1.82, 2.24) is 5.32 Å². The number of nitrogens with one attached hydrogen (secondary N) is 1. The molecular formula is C62H121NO13. The van der Waals surface area contributed by atoms with Crippen LogP contribution in [0, 0.1) is 0 Å². The van der Waals surface area contributed by atoms with Crippen molar-refractivity contribution >= 4 is 5.91 Å². The Hall–Kier alpha value is -1.01. The van der Waals surface area contributed by atoms with Crippen LogP contribution in [0.2, 0.25) is 0 Å². The number of rotatable bonds is 53. The third kappa shape index (κ3) is 33.7. The van der Waals surface area contributed by atoms with Crippen LogP contribution in [0.3, 0.4) is 0 Å². The second kappa shape index (κ2) is 48.7. The molecule has 2 heterocycles. The van der Waals surface area contributed by atoms with Crippen LogP contribution in [0.15, 0.2) is 0 Å². The largest absolute Gasteiger partial charge is 0.394 e. The van der Waals surface area contributed by atoms with Crippen molar-refractivity contribution in [2.45, 2.75) is 370 Å². The molecule has 12 unspecified atom stereocenters. The van der Waals surface area contributed by atoms with Crippen molar-refractivity contribution in [3.63, 3.8) is 0 Å². The van der Waals surface area contributed by atoms with Crippen molar-refractivity contribution in [2.75, 3.05) is 19.8 Å². The zero-order valence-corrected chi connectivity index (χ0v) is 48.8. The Morgan fingerprint density at radius 1 is 0.421 bits per heavy atom. The van der Waals surface area contributed by atoms with E-state index in [2.05, 4.69) is 19.2 Å². The average molecular weight is 1090 g/mol. The van der Waals surface area contributed by atoms with Crippen molar-refractivity contribution < 1.29 is 64.6 Å². The number of ether oxygens (including phenoxy) is 4. The smallest absolute Gasteiger partial charge is 0.220 e. The SMILES string of the molecule is CCCCCCCCCCCCCCCCCCCCCCCCCCC(O)C(COC1OC(CO)C(OC2OC(CO)C(O)C(O)C2O)C(O)C1O)NC(=O)CCCCCCCCCCCCCCCCCCCC. The fraction of sp³-hybridized carbons (Fsp3) is 0.984. The molecule has 0 spiro atoms. The van der Waals surface area contributed by atoms with E-state index in [-0.39, 0.29) is 12.5 Å². The normalized spacial score (nSPS) is 24.8. The number of aliphatic hydroxyl groups excluding tert-OH is 8. The summed E-state index contributed by atoms with van der Waals surface area (Å²) in [5.41, 5.74) is 0. The number of aliphatic hydroxyl groups is 8. The second-order valence-corrected chi connectivity index (χ2v) is 23.3. The van der Waals surface area contributed by atoms with Crippen molar-refractivity contribution in [1.29, 1.82) is 0 Å². The monoisotopic (exact) mass is 1090 g/mol. The zero-order chi connectivity index (χ0) is 55.3. The number of amides is 1. The minimum Gasteiger partial charge on any atom is -0.394 e. The lowest BCUT2D eigenvalue weighted by Gasteiger charge is -2.46. The van der Waals surface area contributed by atoms with Gasteiger partial charge in [0.15, 0.2) is 12.6 Å². The minimum atomic E-state index is -1.78. The topological polar surface area (TPSA) is 228 Å². The van der Waals surface area contributed by atoms with Gasteiger partial charge in [-0.15, -0.1) is 0 Å². The van der Waals surface area contributed by atoms with E-state index in [0.717, 1.165) is 51.4 Å². The second-order valence-electron chi connectivity index (χ2n) is 23.3. The maximum absolute atomic E-state index is 13.3. The highest BCUT2D eigenvalue weighted by atomic mass is 16.7. The molecule has 14 heteroatoms. The van der Waals surface area contributed by atoms with Gasteiger partial charge in [0, 0.05) is 6.42 Å². The molecule has 452 valence electrons. The molecule has 76 heavy (non-hydrogen) atoms. The molecular weight excluding hydrogens is 967 g/mol. The molecule has 2 rings (SSSR count). The third-order valence-electron chi connectivity index (χ3n) is 16.3. The van der Waals surface area contributed by atoms with Gasteiger partial charge in [0.1, 0.15) is 48.8 Å². The van der Waals surface area contributed by atoms with Crippen LogP contribution in [0.4, 0.5) is 0 Å². The summed E-state index contributed by atoms with van der Waals surface area (Å²) in [6, 6.07) is -0.823. The molecule has 0 radical (unpaired) electrons. The number of carbonyl (C=O) groups excluding carboxylic acids is 1. The summed E-state index contributed by atoms with van der Waals surface area (Å²) in [6.45, 7) is 2.91. The summed E-state index contributed by atoms with van der Waals surface area (Å²) in [5.74, 6) is -0.199. The van der Waals surface area contributed by atoms with E-state index in [1.807, 2.05) is 0 Å². The van der Waals surface area contributed by atoms with Crippen LogP contribution < -0.4 is 5.32 Å². The van der Waals surface area contributed by atoms with Crippen LogP contribution in [0.1, 0.15) is 296 Å². The third-order valence-corrected chi connectivity index (χ3v) is 16.3. The Kier molecular flexibility index (Phi) is 45.5. The average Bonchev–Trinajstić information content (AvgIpc) is 3.42. The fourth-order valence-corrected chi connectivity index (χ4v) is 11.1. The molecule has 0 aromatic rings. The van der Waals surface area contributed by atoms with Crippen molar-refractivity contribution in [3.05, 3.63) is 0 Å². The molecule has 2 aliphatic rings. The molecule has 0 aliphatic carbocycles. The maximum Gasteiger partial charge on any atom is 0.220 e. The van der Waals surface area contributed by atoms with Gasteiger partial charge in [0.05, 0.1) is 32.0 Å². The Morgan fingerprint density at radius 2 is 0.750 bits per heavy atom. The maximum atomic E-state index is 13.3. The molecule has 0 aromatic carbocycles. The van der Waals surface area contributed by atoms with E-state index in [4.69, 9.17) is 18.9 Å². The van der Waals surface area contributed by atoms with Crippen LogP contribution in [0.5, 0.6) is 0 Å². The highest BCUT2D eigenvalue weighted by Gasteiger charge is 2.51. The van der Waals surface area contributed by atoms with Gasteiger partial charge in [-0.05, 0) is 12.8 Å². The molecule has 0 saturated carbocycles. The standard InChI is InChI=1S/C62H121NO13/c1-3-5-7-9-11-13-15-17-19-21-23-24-25-26-27-28-29-31-33-35-37-39-41-43-45-51(66)50(63-54(67)46-44-42-40-38-36-34-32-30-22-20-18-16-14-12-10-8-6-4-2)49-73-61-59(72)57(70)60(53(48-65)75-61)76-62-58(71)56(69)55(68)52(47-64)74-62/h50-53,55-62,64-66,68-72H,3-49H2,1-2H3,(H,63,67). The summed E-state index contributed by atoms with van der Waals surface area (Å²) >= 11 is 0. The predicted octanol–water partition coefficient (Wildman–Crippen LogP) is 11.7. The van der Waals surface area contributed by atoms with Gasteiger partial charge in [-0.2, -0.15) is 0 Å². The Balaban J connectivity index is 1.71. The summed E-state index contributed by atoms with van der Waals surface area (Å²) < 4.78 is 22.9. The van der Waals surface area contributed by atoms with E-state index in [9.17, 15) is 45.6 Å². The fourth-order valence-electron chi connectivity index (χ4n) is 11.1. The quantitative estimate of drug-likeness (QED) is 0.0259. The van der Waals surface area contributed by atoms with E-state index in [0.29, 0.717) is 12.8 Å². The summed E-state index contributed by atoms with van der Waals surface area (Å²) in [4.78, 5) is 13.3. The lowest BCUT2D eigenvalue weighted by atomic mass is 9.97. The first-order valence-electron chi connectivity index (χ1n) is 32.3. The summed E-state index contributed by atoms with van der Waals surface area (Å²) in [6.07, 6.45) is 38.2. The Morgan fingerprint density at radius 3 is 1.12 bits per heavy atom. The minimum absolute atomic E-state index is 0.199. The number of hydrogen-bond donors (Lipinski definition) is 9. The highest BCUT2D eigenvalue weighted by Crippen LogP contribution is 2.30. The first-order chi connectivity index (χ1) is 37.1. The van der Waals surface area contributed by atoms with E-state index in [1.165, 1.54) is 218 Å². The van der Waals surface area contributed by atoms with Gasteiger partial charge < -0.3 is 65.1 Å². The van der Waals surface area contributed by atoms with Crippen LogP contribution in [0.25, 0.3) is 0 Å². The molecule has 12 atom stereocenters. The zero-order valence-electron chi connectivity index (χ0n) is 48.8. The van der Waals surface area contributed by atoms with Gasteiger partial charge in [-0.25, -0.2) is 0 Å². The van der Waals surface area contributed by atoms with Crippen LogP contribution in [-0.4, -0.2) is 140 Å². The van der Waals surface area contributed by atoms with Crippen molar-refractivity contribution in [3.8, 4) is 0 Å². The van der Waals surface area contributed by atoms with Gasteiger partial charge in [0.2, 0.25) is 5.91 Å². The number of hydrogen-bond acceptors (Lipinski definition) is 13. The summed E-state index contributed by atoms with van der Waals surface area (Å²) in [7, 11) is 0. The Bertz CT molecular complexity index is 1280.